The van der Waals surface area contributed by atoms with Crippen molar-refractivity contribution in [1.82, 2.24) is 9.36 Å². The molecule has 2 aromatic rings. The third kappa shape index (κ3) is 1.64. The van der Waals surface area contributed by atoms with E-state index in [1.54, 1.807) is 12.1 Å². The lowest BCUT2D eigenvalue weighted by Gasteiger charge is -1.99. The van der Waals surface area contributed by atoms with Crippen LogP contribution in [0.15, 0.2) is 18.2 Å². The highest BCUT2D eigenvalue weighted by Crippen LogP contribution is 2.30. The highest BCUT2D eigenvalue weighted by Gasteiger charge is 2.09. The van der Waals surface area contributed by atoms with Crippen LogP contribution in [0.3, 0.4) is 0 Å². The fourth-order valence-corrected chi connectivity index (χ4v) is 1.65. The minimum Gasteiger partial charge on any atom is -0.507 e. The zero-order chi connectivity index (χ0) is 10.1. The molecule has 0 spiro atoms. The molecule has 0 fully saturated rings. The third-order valence-electron chi connectivity index (χ3n) is 1.64. The Morgan fingerprint density at radius 2 is 2.21 bits per heavy atom. The van der Waals surface area contributed by atoms with Gasteiger partial charge in [-0.25, -0.2) is 0 Å². The minimum absolute atomic E-state index is 0.0512. The first-order valence-corrected chi connectivity index (χ1v) is 4.90. The molecular formula is C8H6ClN3OS. The number of phenolic OH excluding ortho intramolecular Hbond substituents is 1. The van der Waals surface area contributed by atoms with Gasteiger partial charge in [-0.15, -0.1) is 0 Å². The number of aromatic hydroxyl groups is 1. The monoisotopic (exact) mass is 227 g/mol. The summed E-state index contributed by atoms with van der Waals surface area (Å²) in [4.78, 5) is 3.95. The molecule has 0 unspecified atom stereocenters. The molecule has 6 heteroatoms. The SMILES string of the molecule is Nc1nc(-c2ccc(Cl)cc2O)ns1. The standard InChI is InChI=1S/C8H6ClN3OS/c9-4-1-2-5(6(13)3-4)7-11-8(10)14-12-7/h1-3,13H,(H2,10,11,12). The van der Waals surface area contributed by atoms with Gasteiger partial charge in [0.1, 0.15) is 5.75 Å². The van der Waals surface area contributed by atoms with E-state index in [-0.39, 0.29) is 5.75 Å². The summed E-state index contributed by atoms with van der Waals surface area (Å²) in [6.45, 7) is 0. The number of aromatic nitrogens is 2. The zero-order valence-electron chi connectivity index (χ0n) is 6.94. The lowest BCUT2D eigenvalue weighted by atomic mass is 10.2. The van der Waals surface area contributed by atoms with Crippen LogP contribution in [0.1, 0.15) is 0 Å². The first kappa shape index (κ1) is 9.23. The normalized spacial score (nSPS) is 10.4. The summed E-state index contributed by atoms with van der Waals surface area (Å²) in [5.41, 5.74) is 5.96. The van der Waals surface area contributed by atoms with Gasteiger partial charge in [0, 0.05) is 16.6 Å². The summed E-state index contributed by atoms with van der Waals surface area (Å²) in [6.07, 6.45) is 0. The van der Waals surface area contributed by atoms with Gasteiger partial charge in [0.25, 0.3) is 0 Å². The van der Waals surface area contributed by atoms with Crippen molar-refractivity contribution in [1.29, 1.82) is 0 Å². The molecule has 0 atom stereocenters. The number of halogens is 1. The molecule has 0 aliphatic rings. The summed E-state index contributed by atoms with van der Waals surface area (Å²) in [5.74, 6) is 0.469. The molecular weight excluding hydrogens is 222 g/mol. The number of hydrogen-bond donors (Lipinski definition) is 2. The molecule has 0 amide bonds. The Kier molecular flexibility index (Phi) is 2.26. The number of hydrogen-bond acceptors (Lipinski definition) is 5. The van der Waals surface area contributed by atoms with Crippen molar-refractivity contribution >= 4 is 28.3 Å². The molecule has 0 aliphatic heterocycles. The number of anilines is 1. The lowest BCUT2D eigenvalue weighted by Crippen LogP contribution is -1.84. The number of rotatable bonds is 1. The van der Waals surface area contributed by atoms with Crippen LogP contribution in [-0.4, -0.2) is 14.5 Å². The van der Waals surface area contributed by atoms with Gasteiger partial charge in [-0.05, 0) is 18.2 Å². The van der Waals surface area contributed by atoms with Gasteiger partial charge in [-0.1, -0.05) is 11.6 Å². The largest absolute Gasteiger partial charge is 0.507 e. The Morgan fingerprint density at radius 1 is 1.43 bits per heavy atom. The lowest BCUT2D eigenvalue weighted by molar-refractivity contribution is 0.477. The Bertz CT molecular complexity index is 471. The van der Waals surface area contributed by atoms with Crippen molar-refractivity contribution in [2.75, 3.05) is 5.73 Å². The average Bonchev–Trinajstić information content (AvgIpc) is 2.51. The van der Waals surface area contributed by atoms with Crippen LogP contribution >= 0.6 is 23.1 Å². The molecule has 14 heavy (non-hydrogen) atoms. The van der Waals surface area contributed by atoms with E-state index >= 15 is 0 Å². The average molecular weight is 228 g/mol. The molecule has 0 aliphatic carbocycles. The van der Waals surface area contributed by atoms with E-state index in [4.69, 9.17) is 17.3 Å². The molecule has 0 saturated carbocycles. The topological polar surface area (TPSA) is 72.0 Å². The Labute approximate surface area is 89.1 Å². The van der Waals surface area contributed by atoms with Gasteiger partial charge >= 0.3 is 0 Å². The summed E-state index contributed by atoms with van der Waals surface area (Å²) < 4.78 is 3.98. The van der Waals surface area contributed by atoms with Crippen LogP contribution in [0.2, 0.25) is 5.02 Å². The molecule has 2 rings (SSSR count). The first-order chi connectivity index (χ1) is 6.66. The van der Waals surface area contributed by atoms with Gasteiger partial charge in [-0.3, -0.25) is 0 Å². The predicted octanol–water partition coefficient (Wildman–Crippen LogP) is 2.15. The van der Waals surface area contributed by atoms with Crippen LogP contribution in [-0.2, 0) is 0 Å². The summed E-state index contributed by atoms with van der Waals surface area (Å²) in [6, 6.07) is 4.75. The van der Waals surface area contributed by atoms with Crippen molar-refractivity contribution in [3.05, 3.63) is 23.2 Å². The quantitative estimate of drug-likeness (QED) is 0.783. The van der Waals surface area contributed by atoms with Crippen LogP contribution in [0.4, 0.5) is 5.13 Å². The number of phenols is 1. The van der Waals surface area contributed by atoms with E-state index in [1.165, 1.54) is 6.07 Å². The third-order valence-corrected chi connectivity index (χ3v) is 2.42. The van der Waals surface area contributed by atoms with Gasteiger partial charge in [0.05, 0.1) is 5.56 Å². The summed E-state index contributed by atoms with van der Waals surface area (Å²) in [5, 5.41) is 10.4. The van der Waals surface area contributed by atoms with Gasteiger partial charge < -0.3 is 10.8 Å². The van der Waals surface area contributed by atoms with Crippen LogP contribution < -0.4 is 5.73 Å². The molecule has 3 N–H and O–H groups in total. The Hall–Kier alpha value is -1.33. The smallest absolute Gasteiger partial charge is 0.200 e. The highest BCUT2D eigenvalue weighted by molar-refractivity contribution is 7.09. The van der Waals surface area contributed by atoms with Crippen molar-refractivity contribution in [3.63, 3.8) is 0 Å². The number of nitrogens with two attached hydrogens (primary N) is 1. The predicted molar refractivity (Wildman–Crippen MR) is 56.4 cm³/mol. The number of benzene rings is 1. The van der Waals surface area contributed by atoms with Crippen molar-refractivity contribution in [3.8, 4) is 17.1 Å². The summed E-state index contributed by atoms with van der Waals surface area (Å²) in [7, 11) is 0. The molecule has 72 valence electrons. The zero-order valence-corrected chi connectivity index (χ0v) is 8.51. The van der Waals surface area contributed by atoms with Gasteiger partial charge in [0.15, 0.2) is 11.0 Å². The molecule has 1 aromatic carbocycles. The van der Waals surface area contributed by atoms with Crippen molar-refractivity contribution < 1.29 is 5.11 Å². The van der Waals surface area contributed by atoms with Crippen LogP contribution in [0.25, 0.3) is 11.4 Å². The van der Waals surface area contributed by atoms with Gasteiger partial charge in [-0.2, -0.15) is 9.36 Å². The maximum absolute atomic E-state index is 9.55. The molecule has 0 saturated heterocycles. The van der Waals surface area contributed by atoms with E-state index in [9.17, 15) is 5.11 Å². The Morgan fingerprint density at radius 3 is 2.79 bits per heavy atom. The molecule has 1 aromatic heterocycles. The maximum Gasteiger partial charge on any atom is 0.200 e. The van der Waals surface area contributed by atoms with E-state index in [0.717, 1.165) is 11.5 Å². The second-order valence-electron chi connectivity index (χ2n) is 2.62. The highest BCUT2D eigenvalue weighted by atomic mass is 35.5. The van der Waals surface area contributed by atoms with Crippen molar-refractivity contribution in [2.24, 2.45) is 0 Å². The number of nitrogen functional groups attached to an aromatic ring is 1. The van der Waals surface area contributed by atoms with Crippen molar-refractivity contribution in [2.45, 2.75) is 0 Å². The maximum atomic E-state index is 9.55. The second kappa shape index (κ2) is 3.43. The van der Waals surface area contributed by atoms with E-state index in [0.29, 0.717) is 21.5 Å². The van der Waals surface area contributed by atoms with E-state index < -0.39 is 0 Å². The number of nitrogens with zero attached hydrogens (tertiary/aromatic N) is 2. The Balaban J connectivity index is 2.52. The molecule has 1 heterocycles. The second-order valence-corrected chi connectivity index (χ2v) is 3.84. The van der Waals surface area contributed by atoms with Gasteiger partial charge in [0.2, 0.25) is 0 Å². The fourth-order valence-electron chi connectivity index (χ4n) is 1.04. The fraction of sp³-hybridized carbons (Fsp3) is 0. The summed E-state index contributed by atoms with van der Waals surface area (Å²) >= 11 is 6.77. The van der Waals surface area contributed by atoms with Crippen LogP contribution in [0.5, 0.6) is 5.75 Å². The molecule has 0 radical (unpaired) electrons. The van der Waals surface area contributed by atoms with E-state index in [2.05, 4.69) is 9.36 Å². The van der Waals surface area contributed by atoms with E-state index in [1.807, 2.05) is 0 Å². The molecule has 4 nitrogen and oxygen atoms in total. The minimum atomic E-state index is 0.0512. The molecule has 0 bridgehead atoms. The van der Waals surface area contributed by atoms with Crippen LogP contribution in [0, 0.1) is 0 Å². The first-order valence-electron chi connectivity index (χ1n) is 3.75.